The normalized spacial score (nSPS) is 10.3. The molecule has 0 aliphatic carbocycles. The molecule has 3 N–H and O–H groups in total. The predicted octanol–water partition coefficient (Wildman–Crippen LogP) is 0.445. The molecular formula is C9H16N4O2. The van der Waals surface area contributed by atoms with Gasteiger partial charge in [0.15, 0.2) is 5.82 Å². The molecule has 0 bridgehead atoms. The van der Waals surface area contributed by atoms with Crippen molar-refractivity contribution in [2.24, 2.45) is 5.84 Å². The lowest BCUT2D eigenvalue weighted by atomic mass is 10.4. The summed E-state index contributed by atoms with van der Waals surface area (Å²) in [4.78, 5) is 8.40. The number of ether oxygens (including phenoxy) is 2. The second kappa shape index (κ2) is 6.28. The molecule has 0 fully saturated rings. The van der Waals surface area contributed by atoms with Crippen molar-refractivity contribution in [1.29, 1.82) is 0 Å². The molecule has 6 heteroatoms. The molecule has 15 heavy (non-hydrogen) atoms. The van der Waals surface area contributed by atoms with E-state index in [9.17, 15) is 0 Å². The van der Waals surface area contributed by atoms with Crippen molar-refractivity contribution >= 4 is 5.82 Å². The lowest BCUT2D eigenvalue weighted by Crippen LogP contribution is -2.12. The van der Waals surface area contributed by atoms with Crippen LogP contribution in [0.3, 0.4) is 0 Å². The van der Waals surface area contributed by atoms with Crippen LogP contribution in [0.5, 0.6) is 0 Å². The van der Waals surface area contributed by atoms with Crippen LogP contribution in [0.1, 0.15) is 18.4 Å². The summed E-state index contributed by atoms with van der Waals surface area (Å²) >= 11 is 0. The van der Waals surface area contributed by atoms with Gasteiger partial charge in [0.05, 0.1) is 12.3 Å². The van der Waals surface area contributed by atoms with E-state index in [-0.39, 0.29) is 0 Å². The van der Waals surface area contributed by atoms with E-state index >= 15 is 0 Å². The maximum Gasteiger partial charge on any atom is 0.156 e. The number of methoxy groups -OCH3 is 1. The lowest BCUT2D eigenvalue weighted by Gasteiger charge is -2.06. The van der Waals surface area contributed by atoms with E-state index in [1.807, 2.05) is 6.92 Å². The number of hydrogen-bond acceptors (Lipinski definition) is 6. The van der Waals surface area contributed by atoms with Crippen LogP contribution in [0.4, 0.5) is 5.82 Å². The maximum atomic E-state index is 5.29. The third-order valence-electron chi connectivity index (χ3n) is 1.70. The molecule has 0 spiro atoms. The first-order chi connectivity index (χ1) is 7.30. The van der Waals surface area contributed by atoms with Gasteiger partial charge in [-0.25, -0.2) is 15.8 Å². The smallest absolute Gasteiger partial charge is 0.156 e. The van der Waals surface area contributed by atoms with Gasteiger partial charge in [-0.15, -0.1) is 0 Å². The Hall–Kier alpha value is -1.24. The van der Waals surface area contributed by atoms with Gasteiger partial charge < -0.3 is 14.9 Å². The van der Waals surface area contributed by atoms with Crippen molar-refractivity contribution in [3.63, 3.8) is 0 Å². The predicted molar refractivity (Wildman–Crippen MR) is 55.9 cm³/mol. The Morgan fingerprint density at radius 2 is 2.20 bits per heavy atom. The largest absolute Gasteiger partial charge is 0.378 e. The van der Waals surface area contributed by atoms with Crippen LogP contribution >= 0.6 is 0 Å². The number of nitrogens with two attached hydrogens (primary N) is 1. The SMILES string of the molecule is CCOCc1nc(COC)cc(NN)n1. The fourth-order valence-corrected chi connectivity index (χ4v) is 1.11. The second-order valence-corrected chi connectivity index (χ2v) is 2.88. The van der Waals surface area contributed by atoms with Gasteiger partial charge in [-0.1, -0.05) is 0 Å². The van der Waals surface area contributed by atoms with E-state index < -0.39 is 0 Å². The topological polar surface area (TPSA) is 82.3 Å². The Morgan fingerprint density at radius 1 is 1.40 bits per heavy atom. The number of nitrogens with one attached hydrogen (secondary N) is 1. The van der Waals surface area contributed by atoms with Crippen molar-refractivity contribution in [2.75, 3.05) is 19.1 Å². The number of nitrogen functional groups attached to an aromatic ring is 1. The summed E-state index contributed by atoms with van der Waals surface area (Å²) in [7, 11) is 1.61. The molecule has 0 aromatic carbocycles. The molecule has 0 radical (unpaired) electrons. The van der Waals surface area contributed by atoms with E-state index in [0.29, 0.717) is 31.5 Å². The van der Waals surface area contributed by atoms with E-state index in [4.69, 9.17) is 15.3 Å². The highest BCUT2D eigenvalue weighted by molar-refractivity contribution is 5.34. The molecule has 1 aromatic rings. The summed E-state index contributed by atoms with van der Waals surface area (Å²) in [6.45, 7) is 3.35. The van der Waals surface area contributed by atoms with Crippen molar-refractivity contribution < 1.29 is 9.47 Å². The second-order valence-electron chi connectivity index (χ2n) is 2.88. The third-order valence-corrected chi connectivity index (χ3v) is 1.70. The average molecular weight is 212 g/mol. The van der Waals surface area contributed by atoms with Crippen LogP contribution in [0.25, 0.3) is 0 Å². The van der Waals surface area contributed by atoms with Crippen molar-refractivity contribution in [2.45, 2.75) is 20.1 Å². The van der Waals surface area contributed by atoms with Crippen LogP contribution < -0.4 is 11.3 Å². The summed E-state index contributed by atoms with van der Waals surface area (Å²) < 4.78 is 10.2. The minimum atomic E-state index is 0.378. The van der Waals surface area contributed by atoms with E-state index in [1.165, 1.54) is 0 Å². The lowest BCUT2D eigenvalue weighted by molar-refractivity contribution is 0.127. The van der Waals surface area contributed by atoms with Crippen molar-refractivity contribution in [3.05, 3.63) is 17.6 Å². The average Bonchev–Trinajstić information content (AvgIpc) is 2.26. The van der Waals surface area contributed by atoms with Gasteiger partial charge in [-0.05, 0) is 6.92 Å². The number of hydrazine groups is 1. The third kappa shape index (κ3) is 3.78. The Bertz CT molecular complexity index is 306. The summed E-state index contributed by atoms with van der Waals surface area (Å²) in [5, 5.41) is 0. The van der Waals surface area contributed by atoms with Crippen LogP contribution in [-0.2, 0) is 22.7 Å². The Balaban J connectivity index is 2.79. The molecule has 1 aromatic heterocycles. The zero-order chi connectivity index (χ0) is 11.1. The zero-order valence-corrected chi connectivity index (χ0v) is 8.99. The van der Waals surface area contributed by atoms with Gasteiger partial charge >= 0.3 is 0 Å². The molecule has 0 atom stereocenters. The molecule has 6 nitrogen and oxygen atoms in total. The standard InChI is InChI=1S/C9H16N4O2/c1-3-15-6-9-11-7(5-14-2)4-8(12-9)13-10/h4H,3,5-6,10H2,1-2H3,(H,11,12,13). The number of rotatable bonds is 6. The first-order valence-electron chi connectivity index (χ1n) is 4.70. The summed E-state index contributed by atoms with van der Waals surface area (Å²) in [6, 6.07) is 1.74. The van der Waals surface area contributed by atoms with Crippen LogP contribution in [0.15, 0.2) is 6.07 Å². The van der Waals surface area contributed by atoms with Crippen LogP contribution in [0.2, 0.25) is 0 Å². The van der Waals surface area contributed by atoms with E-state index in [0.717, 1.165) is 5.69 Å². The Kier molecular flexibility index (Phi) is 4.96. The molecule has 0 amide bonds. The van der Waals surface area contributed by atoms with Crippen LogP contribution in [-0.4, -0.2) is 23.7 Å². The highest BCUT2D eigenvalue weighted by atomic mass is 16.5. The van der Waals surface area contributed by atoms with Gasteiger partial charge in [0.2, 0.25) is 0 Å². The molecule has 84 valence electrons. The van der Waals surface area contributed by atoms with Gasteiger partial charge in [0.25, 0.3) is 0 Å². The molecule has 0 saturated carbocycles. The van der Waals surface area contributed by atoms with Crippen molar-refractivity contribution in [1.82, 2.24) is 9.97 Å². The zero-order valence-electron chi connectivity index (χ0n) is 8.99. The maximum absolute atomic E-state index is 5.29. The van der Waals surface area contributed by atoms with Gasteiger partial charge in [-0.2, -0.15) is 0 Å². The number of hydrogen-bond donors (Lipinski definition) is 2. The highest BCUT2D eigenvalue weighted by Crippen LogP contribution is 2.07. The molecule has 0 aliphatic heterocycles. The summed E-state index contributed by atoms with van der Waals surface area (Å²) in [6.07, 6.45) is 0. The monoisotopic (exact) mass is 212 g/mol. The minimum absolute atomic E-state index is 0.378. The number of anilines is 1. The summed E-state index contributed by atoms with van der Waals surface area (Å²) in [5.74, 6) is 6.45. The number of aromatic nitrogens is 2. The molecule has 0 unspecified atom stereocenters. The van der Waals surface area contributed by atoms with E-state index in [1.54, 1.807) is 13.2 Å². The van der Waals surface area contributed by atoms with Gasteiger partial charge in [-0.3, -0.25) is 0 Å². The first-order valence-corrected chi connectivity index (χ1v) is 4.70. The fraction of sp³-hybridized carbons (Fsp3) is 0.556. The minimum Gasteiger partial charge on any atom is -0.378 e. The van der Waals surface area contributed by atoms with Gasteiger partial charge in [0.1, 0.15) is 12.4 Å². The first kappa shape index (κ1) is 11.8. The fourth-order valence-electron chi connectivity index (χ4n) is 1.11. The molecule has 0 aliphatic rings. The highest BCUT2D eigenvalue weighted by Gasteiger charge is 2.03. The van der Waals surface area contributed by atoms with E-state index in [2.05, 4.69) is 15.4 Å². The number of nitrogens with zero attached hydrogens (tertiary/aromatic N) is 2. The molecule has 1 rings (SSSR count). The van der Waals surface area contributed by atoms with Crippen molar-refractivity contribution in [3.8, 4) is 0 Å². The molecule has 0 saturated heterocycles. The molecule has 1 heterocycles. The molecular weight excluding hydrogens is 196 g/mol. The van der Waals surface area contributed by atoms with Gasteiger partial charge in [0, 0.05) is 19.8 Å². The summed E-state index contributed by atoms with van der Waals surface area (Å²) in [5.41, 5.74) is 3.25. The Labute approximate surface area is 88.8 Å². The van der Waals surface area contributed by atoms with Crippen LogP contribution in [0, 0.1) is 0 Å². The quantitative estimate of drug-likeness (QED) is 0.526. The Morgan fingerprint density at radius 3 is 2.80 bits per heavy atom.